The quantitative estimate of drug-likeness (QED) is 0.403. The number of sulfonamides is 1. The van der Waals surface area contributed by atoms with Gasteiger partial charge in [-0.3, -0.25) is 23.8 Å². The lowest BCUT2D eigenvalue weighted by Gasteiger charge is -2.36. The van der Waals surface area contributed by atoms with Crippen LogP contribution in [0.3, 0.4) is 0 Å². The highest BCUT2D eigenvalue weighted by atomic mass is 35.5. The topological polar surface area (TPSA) is 120 Å². The number of urea groups is 1. The van der Waals surface area contributed by atoms with Gasteiger partial charge in [-0.25, -0.2) is 13.2 Å². The van der Waals surface area contributed by atoms with Crippen LogP contribution in [-0.2, 0) is 21.2 Å². The molecule has 208 valence electrons. The Morgan fingerprint density at radius 1 is 1.07 bits per heavy atom. The lowest BCUT2D eigenvalue weighted by atomic mass is 9.97. The van der Waals surface area contributed by atoms with E-state index in [2.05, 4.69) is 10.3 Å². The second-order valence-corrected chi connectivity index (χ2v) is 12.6. The molecule has 0 spiro atoms. The third-order valence-electron chi connectivity index (χ3n) is 6.63. The van der Waals surface area contributed by atoms with Crippen LogP contribution in [0.25, 0.3) is 0 Å². The highest BCUT2D eigenvalue weighted by molar-refractivity contribution is 7.92. The van der Waals surface area contributed by atoms with Crippen LogP contribution < -0.4 is 9.62 Å². The number of halogens is 3. The summed E-state index contributed by atoms with van der Waals surface area (Å²) in [6, 6.07) is 11.6. The summed E-state index contributed by atoms with van der Waals surface area (Å²) >= 11 is 18.4. The second kappa shape index (κ2) is 10.9. The third-order valence-corrected chi connectivity index (χ3v) is 9.27. The molecular weight excluding hydrogens is 601 g/mol. The van der Waals surface area contributed by atoms with Crippen molar-refractivity contribution in [2.24, 2.45) is 5.92 Å². The number of imide groups is 1. The largest absolute Gasteiger partial charge is 0.326 e. The number of hydrogen-bond donors (Lipinski definition) is 1. The molecule has 0 radical (unpaired) electrons. The van der Waals surface area contributed by atoms with Gasteiger partial charge in [0.15, 0.2) is 0 Å². The molecule has 0 aliphatic carbocycles. The van der Waals surface area contributed by atoms with Crippen molar-refractivity contribution in [1.29, 1.82) is 0 Å². The van der Waals surface area contributed by atoms with E-state index >= 15 is 0 Å². The average molecular weight is 623 g/mol. The van der Waals surface area contributed by atoms with Gasteiger partial charge in [-0.2, -0.15) is 0 Å². The normalized spacial score (nSPS) is 17.3. The summed E-state index contributed by atoms with van der Waals surface area (Å²) in [5.74, 6) is -1.38. The maximum Gasteiger partial charge on any atom is 0.326 e. The smallest absolute Gasteiger partial charge is 0.320 e. The fraction of sp³-hybridized carbons (Fsp3) is 0.231. The number of likely N-dealkylation sites (N-methyl/N-ethyl adjacent to an activating group) is 1. The number of anilines is 2. The molecular formula is C26H22Cl3N5O5S. The molecule has 3 aromatic rings. The minimum absolute atomic E-state index is 0.0220. The molecule has 0 saturated carbocycles. The molecule has 0 unspecified atom stereocenters. The van der Waals surface area contributed by atoms with Crippen LogP contribution in [0, 0.1) is 5.92 Å². The Bertz CT molecular complexity index is 1630. The molecule has 2 aromatic carbocycles. The molecule has 1 atom stereocenters. The molecule has 5 rings (SSSR count). The molecule has 4 amide bonds. The zero-order valence-corrected chi connectivity index (χ0v) is 24.1. The third kappa shape index (κ3) is 5.34. The van der Waals surface area contributed by atoms with Crippen LogP contribution in [0.1, 0.15) is 16.1 Å². The molecule has 3 heterocycles. The predicted molar refractivity (Wildman–Crippen MR) is 152 cm³/mol. The van der Waals surface area contributed by atoms with Crippen LogP contribution in [-0.4, -0.2) is 67.7 Å². The SMILES string of the molecule is CN1CC(=O)N(C[C@@H]2Cc3ncc(NC(=O)c4c(Cl)cccc4Cl)cc3N(S(=O)(=O)c3cccc(Cl)c3)C2)C1=O. The Kier molecular flexibility index (Phi) is 7.66. The van der Waals surface area contributed by atoms with Gasteiger partial charge in [0.05, 0.1) is 43.8 Å². The fourth-order valence-corrected chi connectivity index (χ4v) is 7.14. The number of nitrogens with zero attached hydrogens (tertiary/aromatic N) is 4. The monoisotopic (exact) mass is 621 g/mol. The van der Waals surface area contributed by atoms with Gasteiger partial charge in [-0.1, -0.05) is 46.9 Å². The maximum absolute atomic E-state index is 13.9. The summed E-state index contributed by atoms with van der Waals surface area (Å²) in [6.07, 6.45) is 1.69. The highest BCUT2D eigenvalue weighted by Gasteiger charge is 2.39. The van der Waals surface area contributed by atoms with E-state index in [0.29, 0.717) is 12.1 Å². The summed E-state index contributed by atoms with van der Waals surface area (Å²) in [7, 11) is -2.63. The molecule has 2 aliphatic heterocycles. The first-order valence-corrected chi connectivity index (χ1v) is 14.6. The summed E-state index contributed by atoms with van der Waals surface area (Å²) < 4.78 is 28.9. The standard InChI is InChI=1S/C26H22Cl3N5O5S/c1-32-14-23(35)33(26(32)37)12-15-8-21-22(34(13-15)40(38,39)18-5-2-4-16(27)9-18)10-17(11-30-21)31-25(36)24-19(28)6-3-7-20(24)29/h2-7,9-11,15H,8,12-14H2,1H3,(H,31,36)/t15-/m0/s1. The van der Waals surface area contributed by atoms with Gasteiger partial charge in [0, 0.05) is 31.1 Å². The lowest BCUT2D eigenvalue weighted by molar-refractivity contribution is -0.125. The number of carbonyl (C=O) groups excluding carboxylic acids is 3. The Morgan fingerprint density at radius 2 is 1.77 bits per heavy atom. The molecule has 1 N–H and O–H groups in total. The van der Waals surface area contributed by atoms with E-state index < -0.39 is 27.9 Å². The molecule has 1 fully saturated rings. The Balaban J connectivity index is 1.51. The van der Waals surface area contributed by atoms with Crippen LogP contribution in [0.2, 0.25) is 15.1 Å². The number of aromatic nitrogens is 1. The van der Waals surface area contributed by atoms with E-state index in [4.69, 9.17) is 34.8 Å². The van der Waals surface area contributed by atoms with Gasteiger partial charge in [-0.05, 0) is 42.8 Å². The van der Waals surface area contributed by atoms with Crippen molar-refractivity contribution in [1.82, 2.24) is 14.8 Å². The molecule has 2 aliphatic rings. The molecule has 14 heteroatoms. The van der Waals surface area contributed by atoms with Crippen LogP contribution in [0.5, 0.6) is 0 Å². The summed E-state index contributed by atoms with van der Waals surface area (Å²) in [6.45, 7) is -0.0599. The van der Waals surface area contributed by atoms with Gasteiger partial charge < -0.3 is 10.2 Å². The fourth-order valence-electron chi connectivity index (χ4n) is 4.71. The number of nitrogens with one attached hydrogen (secondary N) is 1. The minimum Gasteiger partial charge on any atom is -0.320 e. The first-order valence-electron chi connectivity index (χ1n) is 12.0. The predicted octanol–water partition coefficient (Wildman–Crippen LogP) is 4.56. The van der Waals surface area contributed by atoms with Gasteiger partial charge in [0.2, 0.25) is 5.91 Å². The maximum atomic E-state index is 13.9. The summed E-state index contributed by atoms with van der Waals surface area (Å²) in [4.78, 5) is 44.7. The molecule has 0 bridgehead atoms. The molecule has 10 nitrogen and oxygen atoms in total. The highest BCUT2D eigenvalue weighted by Crippen LogP contribution is 2.36. The van der Waals surface area contributed by atoms with E-state index in [1.807, 2.05) is 0 Å². The van der Waals surface area contributed by atoms with Crippen LogP contribution in [0.15, 0.2) is 59.6 Å². The van der Waals surface area contributed by atoms with Gasteiger partial charge >= 0.3 is 6.03 Å². The number of pyridine rings is 1. The summed E-state index contributed by atoms with van der Waals surface area (Å²) in [5, 5.41) is 3.23. The van der Waals surface area contributed by atoms with Crippen LogP contribution in [0.4, 0.5) is 16.2 Å². The Morgan fingerprint density at radius 3 is 2.42 bits per heavy atom. The Hall–Kier alpha value is -3.38. The van der Waals surface area contributed by atoms with E-state index in [0.717, 1.165) is 4.90 Å². The number of carbonyl (C=O) groups is 3. The second-order valence-electron chi connectivity index (χ2n) is 9.45. The average Bonchev–Trinajstić information content (AvgIpc) is 3.14. The summed E-state index contributed by atoms with van der Waals surface area (Å²) in [5.41, 5.74) is 0.950. The van der Waals surface area contributed by atoms with Gasteiger partial charge in [0.1, 0.15) is 6.54 Å². The zero-order valence-electron chi connectivity index (χ0n) is 21.0. The van der Waals surface area contributed by atoms with Crippen molar-refractivity contribution in [3.05, 3.63) is 81.1 Å². The van der Waals surface area contributed by atoms with Gasteiger partial charge in [0.25, 0.3) is 15.9 Å². The molecule has 1 aromatic heterocycles. The van der Waals surface area contributed by atoms with Gasteiger partial charge in [-0.15, -0.1) is 0 Å². The number of rotatable bonds is 6. The van der Waals surface area contributed by atoms with Crippen molar-refractivity contribution >= 4 is 74.0 Å². The number of amides is 4. The van der Waals surface area contributed by atoms with Crippen molar-refractivity contribution in [2.75, 3.05) is 36.3 Å². The minimum atomic E-state index is -4.16. The zero-order chi connectivity index (χ0) is 28.8. The van der Waals surface area contributed by atoms with Crippen molar-refractivity contribution in [3.63, 3.8) is 0 Å². The van der Waals surface area contributed by atoms with Crippen molar-refractivity contribution < 1.29 is 22.8 Å². The number of fused-ring (bicyclic) bond motifs is 1. The lowest BCUT2D eigenvalue weighted by Crippen LogP contribution is -2.45. The first kappa shape index (κ1) is 28.2. The van der Waals surface area contributed by atoms with Crippen molar-refractivity contribution in [3.8, 4) is 0 Å². The molecule has 40 heavy (non-hydrogen) atoms. The number of benzene rings is 2. The van der Waals surface area contributed by atoms with E-state index in [-0.39, 0.29) is 62.4 Å². The van der Waals surface area contributed by atoms with Crippen molar-refractivity contribution in [2.45, 2.75) is 11.3 Å². The van der Waals surface area contributed by atoms with Crippen LogP contribution >= 0.6 is 34.8 Å². The Labute approximate surface area is 245 Å². The van der Waals surface area contributed by atoms with E-state index in [9.17, 15) is 22.8 Å². The van der Waals surface area contributed by atoms with E-state index in [1.54, 1.807) is 12.1 Å². The van der Waals surface area contributed by atoms with E-state index in [1.165, 1.54) is 58.8 Å². The first-order chi connectivity index (χ1) is 19.0. The molecule has 1 saturated heterocycles. The number of hydrogen-bond acceptors (Lipinski definition) is 6.